The Hall–Kier alpha value is -3.50. The van der Waals surface area contributed by atoms with Gasteiger partial charge in [0.05, 0.1) is 54.7 Å². The standard InChI is InChI=1S/C29H36FN9O2/c1-20-15-37(26-4-2-21(12-31)39-29(26)24(30)14-34-39)17-23(41-20)16-35-7-9-36(10-8-35)22-3-5-28(33-13-22)38-18-25-27(19-38)40-11-6-32-25/h2-5,13-14,20,23,25,27,32H,6-11,15-19H2,1H3/t20-,23+,25-,27-/m1/s1. The Kier molecular flexibility index (Phi) is 7.12. The summed E-state index contributed by atoms with van der Waals surface area (Å²) in [5.41, 5.74) is 2.56. The molecule has 0 unspecified atom stereocenters. The molecular weight excluding hydrogens is 525 g/mol. The lowest BCUT2D eigenvalue weighted by Crippen LogP contribution is -2.54. The number of ether oxygens (including phenoxy) is 2. The number of halogens is 1. The van der Waals surface area contributed by atoms with E-state index >= 15 is 0 Å². The fourth-order valence-corrected chi connectivity index (χ4v) is 6.74. The molecule has 3 aromatic heterocycles. The van der Waals surface area contributed by atoms with Gasteiger partial charge in [0.15, 0.2) is 5.82 Å². The van der Waals surface area contributed by atoms with E-state index < -0.39 is 5.82 Å². The minimum absolute atomic E-state index is 0.00297. The average molecular weight is 562 g/mol. The number of nitrogens with one attached hydrogen (secondary N) is 1. The molecule has 0 bridgehead atoms. The van der Waals surface area contributed by atoms with Crippen LogP contribution in [0.1, 0.15) is 12.6 Å². The van der Waals surface area contributed by atoms with Gasteiger partial charge in [0.2, 0.25) is 0 Å². The molecule has 7 heterocycles. The lowest BCUT2D eigenvalue weighted by molar-refractivity contribution is -0.0327. The van der Waals surface area contributed by atoms with Gasteiger partial charge in [0, 0.05) is 65.4 Å². The maximum absolute atomic E-state index is 14.7. The van der Waals surface area contributed by atoms with Crippen molar-refractivity contribution in [2.45, 2.75) is 31.3 Å². The highest BCUT2D eigenvalue weighted by molar-refractivity contribution is 5.74. The largest absolute Gasteiger partial charge is 0.373 e. The number of rotatable bonds is 5. The van der Waals surface area contributed by atoms with E-state index in [4.69, 9.17) is 14.5 Å². The van der Waals surface area contributed by atoms with Gasteiger partial charge in [-0.25, -0.2) is 13.9 Å². The molecule has 0 saturated carbocycles. The summed E-state index contributed by atoms with van der Waals surface area (Å²) in [5, 5.41) is 17.0. The number of nitrogens with zero attached hydrogens (tertiary/aromatic N) is 8. The molecule has 4 atom stereocenters. The van der Waals surface area contributed by atoms with E-state index in [0.29, 0.717) is 30.3 Å². The van der Waals surface area contributed by atoms with Crippen molar-refractivity contribution in [3.05, 3.63) is 48.2 Å². The predicted molar refractivity (Wildman–Crippen MR) is 153 cm³/mol. The van der Waals surface area contributed by atoms with Crippen LogP contribution in [0.25, 0.3) is 5.52 Å². The molecule has 4 aliphatic rings. The molecule has 41 heavy (non-hydrogen) atoms. The molecule has 0 aliphatic carbocycles. The van der Waals surface area contributed by atoms with Gasteiger partial charge in [-0.15, -0.1) is 0 Å². The van der Waals surface area contributed by atoms with Crippen molar-refractivity contribution in [3.8, 4) is 6.07 Å². The van der Waals surface area contributed by atoms with Gasteiger partial charge < -0.3 is 29.5 Å². The number of hydrogen-bond donors (Lipinski definition) is 1. The third-order valence-electron chi connectivity index (χ3n) is 8.74. The fourth-order valence-electron chi connectivity index (χ4n) is 6.74. The van der Waals surface area contributed by atoms with Crippen molar-refractivity contribution in [2.75, 3.05) is 86.8 Å². The first-order chi connectivity index (χ1) is 20.1. The maximum atomic E-state index is 14.7. The van der Waals surface area contributed by atoms with Crippen LogP contribution >= 0.6 is 0 Å². The Labute approximate surface area is 239 Å². The van der Waals surface area contributed by atoms with Crippen LogP contribution in [-0.4, -0.2) is 116 Å². The summed E-state index contributed by atoms with van der Waals surface area (Å²) in [6.07, 6.45) is 3.42. The minimum atomic E-state index is -0.420. The second-order valence-corrected chi connectivity index (χ2v) is 11.5. The van der Waals surface area contributed by atoms with Gasteiger partial charge in [-0.2, -0.15) is 10.4 Å². The summed E-state index contributed by atoms with van der Waals surface area (Å²) in [5.74, 6) is 0.589. The molecule has 0 spiro atoms. The number of piperazine rings is 1. The van der Waals surface area contributed by atoms with Gasteiger partial charge in [-0.05, 0) is 31.2 Å². The van der Waals surface area contributed by atoms with Crippen LogP contribution in [-0.2, 0) is 9.47 Å². The van der Waals surface area contributed by atoms with Crippen LogP contribution < -0.4 is 20.0 Å². The summed E-state index contributed by atoms with van der Waals surface area (Å²) >= 11 is 0. The molecule has 4 saturated heterocycles. The first-order valence-corrected chi connectivity index (χ1v) is 14.6. The summed E-state index contributed by atoms with van der Waals surface area (Å²) in [7, 11) is 0. The third kappa shape index (κ3) is 5.19. The van der Waals surface area contributed by atoms with E-state index in [0.717, 1.165) is 76.2 Å². The maximum Gasteiger partial charge on any atom is 0.171 e. The average Bonchev–Trinajstić information content (AvgIpc) is 3.61. The zero-order valence-electron chi connectivity index (χ0n) is 23.3. The van der Waals surface area contributed by atoms with E-state index in [1.54, 1.807) is 6.07 Å². The third-order valence-corrected chi connectivity index (χ3v) is 8.74. The normalized spacial score (nSPS) is 27.3. The molecule has 0 aromatic carbocycles. The van der Waals surface area contributed by atoms with E-state index in [9.17, 15) is 9.65 Å². The first-order valence-electron chi connectivity index (χ1n) is 14.6. The number of anilines is 3. The van der Waals surface area contributed by atoms with Gasteiger partial charge in [-0.1, -0.05) is 0 Å². The quantitative estimate of drug-likeness (QED) is 0.492. The van der Waals surface area contributed by atoms with Crippen molar-refractivity contribution in [1.82, 2.24) is 24.8 Å². The van der Waals surface area contributed by atoms with E-state index in [-0.39, 0.29) is 18.3 Å². The summed E-state index contributed by atoms with van der Waals surface area (Å²) in [6, 6.07) is 10.3. The molecule has 4 aliphatic heterocycles. The number of aromatic nitrogens is 3. The molecule has 7 rings (SSSR count). The van der Waals surface area contributed by atoms with E-state index in [1.807, 2.05) is 12.3 Å². The van der Waals surface area contributed by atoms with Gasteiger partial charge in [-0.3, -0.25) is 4.90 Å². The molecule has 4 fully saturated rings. The predicted octanol–water partition coefficient (Wildman–Crippen LogP) is 1.33. The SMILES string of the molecule is C[C@@H]1CN(c2ccc(C#N)n3ncc(F)c23)C[C@H](CN2CCN(c3ccc(N4C[C@H]5NCCO[C@@H]5C4)nc3)CC2)O1. The van der Waals surface area contributed by atoms with Crippen LogP contribution in [0.3, 0.4) is 0 Å². The minimum Gasteiger partial charge on any atom is -0.373 e. The van der Waals surface area contributed by atoms with Crippen molar-refractivity contribution in [2.24, 2.45) is 0 Å². The van der Waals surface area contributed by atoms with Crippen molar-refractivity contribution >= 4 is 22.7 Å². The second-order valence-electron chi connectivity index (χ2n) is 11.5. The van der Waals surface area contributed by atoms with Crippen LogP contribution in [0.4, 0.5) is 21.6 Å². The molecule has 3 aromatic rings. The van der Waals surface area contributed by atoms with Gasteiger partial charge in [0.25, 0.3) is 0 Å². The first kappa shape index (κ1) is 26.4. The Balaban J connectivity index is 0.953. The zero-order valence-corrected chi connectivity index (χ0v) is 23.3. The number of fused-ring (bicyclic) bond motifs is 2. The monoisotopic (exact) mass is 561 g/mol. The molecule has 0 amide bonds. The highest BCUT2D eigenvalue weighted by atomic mass is 19.1. The number of pyridine rings is 2. The van der Waals surface area contributed by atoms with Crippen molar-refractivity contribution in [1.29, 1.82) is 5.26 Å². The van der Waals surface area contributed by atoms with Crippen molar-refractivity contribution in [3.63, 3.8) is 0 Å². The number of hydrogen-bond acceptors (Lipinski definition) is 10. The molecule has 216 valence electrons. The molecule has 12 heteroatoms. The Morgan fingerprint density at radius 2 is 1.90 bits per heavy atom. The molecule has 11 nitrogen and oxygen atoms in total. The van der Waals surface area contributed by atoms with Crippen molar-refractivity contribution < 1.29 is 13.9 Å². The summed E-state index contributed by atoms with van der Waals surface area (Å²) in [6.45, 7) is 11.4. The van der Waals surface area contributed by atoms with Gasteiger partial charge in [0.1, 0.15) is 23.1 Å². The smallest absolute Gasteiger partial charge is 0.171 e. The highest BCUT2D eigenvalue weighted by Crippen LogP contribution is 2.29. The Bertz CT molecular complexity index is 1400. The number of nitriles is 1. The van der Waals surface area contributed by atoms with Gasteiger partial charge >= 0.3 is 0 Å². The van der Waals surface area contributed by atoms with Crippen LogP contribution in [0.5, 0.6) is 0 Å². The summed E-state index contributed by atoms with van der Waals surface area (Å²) in [4.78, 5) is 14.1. The topological polar surface area (TPSA) is 97.4 Å². The zero-order chi connectivity index (χ0) is 27.9. The summed E-state index contributed by atoms with van der Waals surface area (Å²) < 4.78 is 28.3. The van der Waals surface area contributed by atoms with E-state index in [1.165, 1.54) is 10.7 Å². The second kappa shape index (κ2) is 11.1. The lowest BCUT2D eigenvalue weighted by Gasteiger charge is -2.42. The highest BCUT2D eigenvalue weighted by Gasteiger charge is 2.36. The molecular formula is C29H36FN9O2. The molecule has 1 N–H and O–H groups in total. The molecule has 0 radical (unpaired) electrons. The van der Waals surface area contributed by atoms with Crippen LogP contribution in [0, 0.1) is 17.1 Å². The Morgan fingerprint density at radius 3 is 2.68 bits per heavy atom. The number of morpholine rings is 2. The van der Waals surface area contributed by atoms with Crippen LogP contribution in [0.2, 0.25) is 0 Å². The lowest BCUT2D eigenvalue weighted by atomic mass is 10.1. The van der Waals surface area contributed by atoms with Crippen LogP contribution in [0.15, 0.2) is 36.7 Å². The van der Waals surface area contributed by atoms with E-state index in [2.05, 4.69) is 55.1 Å². The Morgan fingerprint density at radius 1 is 1.02 bits per heavy atom. The fraction of sp³-hybridized carbons (Fsp3) is 0.552.